The predicted octanol–water partition coefficient (Wildman–Crippen LogP) is 2.96. The highest BCUT2D eigenvalue weighted by Gasteiger charge is 2.40. The van der Waals surface area contributed by atoms with Crippen LogP contribution in [0.1, 0.15) is 46.5 Å². The molecule has 0 heterocycles. The third-order valence-corrected chi connectivity index (χ3v) is 4.70. The lowest BCUT2D eigenvalue weighted by molar-refractivity contribution is -0.158. The number of carboxylic acids is 1. The summed E-state index contributed by atoms with van der Waals surface area (Å²) in [4.78, 5) is 11.4. The summed E-state index contributed by atoms with van der Waals surface area (Å²) in [5.74, 6) is -0.145. The lowest BCUT2D eigenvalue weighted by Crippen LogP contribution is -2.40. The smallest absolute Gasteiger partial charge is 0.333 e. The Balaban J connectivity index is 2.65. The van der Waals surface area contributed by atoms with Gasteiger partial charge in [0.1, 0.15) is 0 Å². The quantitative estimate of drug-likeness (QED) is 0.724. The van der Waals surface area contributed by atoms with E-state index >= 15 is 0 Å². The average Bonchev–Trinajstić information content (AvgIpc) is 2.34. The molecule has 0 saturated heterocycles. The second-order valence-corrected chi connectivity index (χ2v) is 6.29. The summed E-state index contributed by atoms with van der Waals surface area (Å²) in [5.41, 5.74) is 0.237. The van der Waals surface area contributed by atoms with Crippen molar-refractivity contribution in [3.8, 4) is 0 Å². The maximum atomic E-state index is 11.4. The maximum absolute atomic E-state index is 11.4. The van der Waals surface area contributed by atoms with Crippen LogP contribution in [0.3, 0.4) is 0 Å². The van der Waals surface area contributed by atoms with Crippen LogP contribution in [0, 0.1) is 17.3 Å². The van der Waals surface area contributed by atoms with Gasteiger partial charge in [0, 0.05) is 7.11 Å². The van der Waals surface area contributed by atoms with Crippen LogP contribution in [0.4, 0.5) is 0 Å². The van der Waals surface area contributed by atoms with Gasteiger partial charge < -0.3 is 14.6 Å². The van der Waals surface area contributed by atoms with Crippen LogP contribution in [0.15, 0.2) is 0 Å². The minimum atomic E-state index is -0.839. The fourth-order valence-corrected chi connectivity index (χ4v) is 3.02. The van der Waals surface area contributed by atoms with Crippen molar-refractivity contribution in [1.82, 2.24) is 0 Å². The summed E-state index contributed by atoms with van der Waals surface area (Å²) in [5, 5.41) is 9.37. The van der Waals surface area contributed by atoms with E-state index in [1.54, 1.807) is 7.11 Å². The lowest BCUT2D eigenvalue weighted by Gasteiger charge is -2.42. The second-order valence-electron chi connectivity index (χ2n) is 6.29. The van der Waals surface area contributed by atoms with Gasteiger partial charge in [-0.15, -0.1) is 0 Å². The van der Waals surface area contributed by atoms with Gasteiger partial charge in [0.15, 0.2) is 6.10 Å². The number of ether oxygens (including phenoxy) is 2. The Labute approximate surface area is 116 Å². The number of hydrogen-bond acceptors (Lipinski definition) is 3. The van der Waals surface area contributed by atoms with Crippen LogP contribution in [0.5, 0.6) is 0 Å². The van der Waals surface area contributed by atoms with E-state index in [4.69, 9.17) is 9.47 Å². The molecule has 19 heavy (non-hydrogen) atoms. The minimum Gasteiger partial charge on any atom is -0.479 e. The summed E-state index contributed by atoms with van der Waals surface area (Å²) >= 11 is 0. The Morgan fingerprint density at radius 1 is 1.42 bits per heavy atom. The SMILES string of the molecule is COCCOC(C(=O)O)C1CCCC(C)(C(C)C)C1. The number of carbonyl (C=O) groups is 1. The molecule has 1 saturated carbocycles. The summed E-state index contributed by atoms with van der Waals surface area (Å²) < 4.78 is 10.5. The molecule has 0 radical (unpaired) electrons. The third kappa shape index (κ3) is 4.46. The van der Waals surface area contributed by atoms with Gasteiger partial charge in [-0.1, -0.05) is 27.2 Å². The van der Waals surface area contributed by atoms with Gasteiger partial charge in [-0.2, -0.15) is 0 Å². The van der Waals surface area contributed by atoms with Crippen molar-refractivity contribution in [2.75, 3.05) is 20.3 Å². The van der Waals surface area contributed by atoms with Gasteiger partial charge in [0.05, 0.1) is 13.2 Å². The maximum Gasteiger partial charge on any atom is 0.333 e. The first-order valence-electron chi connectivity index (χ1n) is 7.24. The molecule has 4 nitrogen and oxygen atoms in total. The first kappa shape index (κ1) is 16.4. The van der Waals surface area contributed by atoms with Crippen molar-refractivity contribution >= 4 is 5.97 Å². The van der Waals surface area contributed by atoms with Crippen molar-refractivity contribution in [3.63, 3.8) is 0 Å². The number of aliphatic carboxylic acids is 1. The molecule has 0 aromatic carbocycles. The molecule has 112 valence electrons. The first-order valence-corrected chi connectivity index (χ1v) is 7.24. The van der Waals surface area contributed by atoms with Crippen LogP contribution in [-0.2, 0) is 14.3 Å². The Kier molecular flexibility index (Phi) is 6.27. The Hall–Kier alpha value is -0.610. The molecule has 1 aliphatic carbocycles. The molecule has 3 unspecified atom stereocenters. The van der Waals surface area contributed by atoms with Crippen LogP contribution in [-0.4, -0.2) is 37.5 Å². The monoisotopic (exact) mass is 272 g/mol. The van der Waals surface area contributed by atoms with E-state index < -0.39 is 12.1 Å². The van der Waals surface area contributed by atoms with Crippen LogP contribution in [0.25, 0.3) is 0 Å². The fourth-order valence-electron chi connectivity index (χ4n) is 3.02. The van der Waals surface area contributed by atoms with E-state index in [1.807, 2.05) is 0 Å². The molecular formula is C15H28O4. The minimum absolute atomic E-state index is 0.121. The number of hydrogen-bond donors (Lipinski definition) is 1. The molecule has 0 amide bonds. The van der Waals surface area contributed by atoms with Crippen LogP contribution < -0.4 is 0 Å². The molecule has 4 heteroatoms. The van der Waals surface area contributed by atoms with Gasteiger partial charge in [-0.3, -0.25) is 0 Å². The first-order chi connectivity index (χ1) is 8.90. The molecule has 0 aromatic heterocycles. The van der Waals surface area contributed by atoms with Crippen molar-refractivity contribution in [3.05, 3.63) is 0 Å². The zero-order valence-corrected chi connectivity index (χ0v) is 12.6. The summed E-state index contributed by atoms with van der Waals surface area (Å²) in [6.07, 6.45) is 3.48. The zero-order valence-electron chi connectivity index (χ0n) is 12.6. The van der Waals surface area contributed by atoms with Crippen molar-refractivity contribution in [1.29, 1.82) is 0 Å². The van der Waals surface area contributed by atoms with Gasteiger partial charge in [-0.25, -0.2) is 4.79 Å². The molecule has 0 aliphatic heterocycles. The van der Waals surface area contributed by atoms with Crippen LogP contribution >= 0.6 is 0 Å². The van der Waals surface area contributed by atoms with E-state index in [0.29, 0.717) is 19.1 Å². The van der Waals surface area contributed by atoms with Gasteiger partial charge in [-0.05, 0) is 36.5 Å². The number of methoxy groups -OCH3 is 1. The largest absolute Gasteiger partial charge is 0.479 e. The van der Waals surface area contributed by atoms with Gasteiger partial charge in [0.2, 0.25) is 0 Å². The van der Waals surface area contributed by atoms with Crippen molar-refractivity contribution < 1.29 is 19.4 Å². The molecule has 0 bridgehead atoms. The topological polar surface area (TPSA) is 55.8 Å². The normalized spacial score (nSPS) is 29.4. The Bertz CT molecular complexity index is 290. The number of rotatable bonds is 7. The van der Waals surface area contributed by atoms with Gasteiger partial charge in [0.25, 0.3) is 0 Å². The van der Waals surface area contributed by atoms with Gasteiger partial charge >= 0.3 is 5.97 Å². The standard InChI is InChI=1S/C15H28O4/c1-11(2)15(3)7-5-6-12(10-15)13(14(16)17)19-9-8-18-4/h11-13H,5-10H2,1-4H3,(H,16,17). The van der Waals surface area contributed by atoms with E-state index in [0.717, 1.165) is 19.3 Å². The van der Waals surface area contributed by atoms with E-state index in [2.05, 4.69) is 20.8 Å². The molecule has 1 fully saturated rings. The molecular weight excluding hydrogens is 244 g/mol. The zero-order chi connectivity index (χ0) is 14.5. The highest BCUT2D eigenvalue weighted by Crippen LogP contribution is 2.45. The number of carboxylic acid groups (broad SMARTS) is 1. The average molecular weight is 272 g/mol. The predicted molar refractivity (Wildman–Crippen MR) is 74.2 cm³/mol. The van der Waals surface area contributed by atoms with E-state index in [9.17, 15) is 9.90 Å². The van der Waals surface area contributed by atoms with E-state index in [1.165, 1.54) is 6.42 Å². The van der Waals surface area contributed by atoms with Crippen molar-refractivity contribution in [2.45, 2.75) is 52.6 Å². The third-order valence-electron chi connectivity index (χ3n) is 4.70. The summed E-state index contributed by atoms with van der Waals surface area (Å²) in [7, 11) is 1.59. The molecule has 1 N–H and O–H groups in total. The highest BCUT2D eigenvalue weighted by atomic mass is 16.5. The summed E-state index contributed by atoms with van der Waals surface area (Å²) in [6.45, 7) is 7.52. The highest BCUT2D eigenvalue weighted by molar-refractivity contribution is 5.72. The van der Waals surface area contributed by atoms with E-state index in [-0.39, 0.29) is 11.3 Å². The second kappa shape index (κ2) is 7.25. The lowest BCUT2D eigenvalue weighted by atomic mass is 9.64. The Morgan fingerprint density at radius 2 is 2.11 bits per heavy atom. The molecule has 1 aliphatic rings. The summed E-state index contributed by atoms with van der Waals surface area (Å²) in [6, 6.07) is 0. The fraction of sp³-hybridized carbons (Fsp3) is 0.933. The molecule has 0 aromatic rings. The molecule has 3 atom stereocenters. The molecule has 0 spiro atoms. The van der Waals surface area contributed by atoms with Crippen molar-refractivity contribution in [2.24, 2.45) is 17.3 Å². The Morgan fingerprint density at radius 3 is 2.63 bits per heavy atom. The van der Waals surface area contributed by atoms with Crippen LogP contribution in [0.2, 0.25) is 0 Å². The molecule has 1 rings (SSSR count).